The quantitative estimate of drug-likeness (QED) is 0.258. The highest BCUT2D eigenvalue weighted by atomic mass is 32.2. The number of alkyl halides is 3. The van der Waals surface area contributed by atoms with Gasteiger partial charge in [0.2, 0.25) is 0 Å². The molecule has 0 spiro atoms. The number of aromatic nitrogens is 1. The molecule has 0 bridgehead atoms. The number of nitrogens with zero attached hydrogens (tertiary/aromatic N) is 1. The molecule has 0 saturated heterocycles. The maximum Gasteiger partial charge on any atom is 0.534 e. The average Bonchev–Trinajstić information content (AvgIpc) is 3.06. The molecule has 2 heterocycles. The van der Waals surface area contributed by atoms with Gasteiger partial charge in [-0.3, -0.25) is 4.79 Å². The number of hydrogen-bond acceptors (Lipinski definition) is 6. The number of hydrogen-bond donors (Lipinski definition) is 1. The largest absolute Gasteiger partial charge is 0.534 e. The molecule has 170 valence electrons. The monoisotopic (exact) mass is 472 g/mol. The Morgan fingerprint density at radius 2 is 1.78 bits per heavy atom. The van der Waals surface area contributed by atoms with Gasteiger partial charge in [-0.1, -0.05) is 0 Å². The third kappa shape index (κ3) is 3.44. The van der Waals surface area contributed by atoms with Gasteiger partial charge in [0, 0.05) is 29.9 Å². The Morgan fingerprint density at radius 3 is 2.41 bits per heavy atom. The second kappa shape index (κ2) is 7.40. The topological polar surface area (TPSA) is 92.6 Å². The molecular weight excluding hydrogens is 456 g/mol. The number of pyridine rings is 1. The van der Waals surface area contributed by atoms with Crippen molar-refractivity contribution in [3.63, 3.8) is 0 Å². The Labute approximate surface area is 178 Å². The molecule has 0 aliphatic heterocycles. The van der Waals surface area contributed by atoms with Gasteiger partial charge in [-0.05, 0) is 38.1 Å². The van der Waals surface area contributed by atoms with Crippen LogP contribution in [0.2, 0.25) is 0 Å². The summed E-state index contributed by atoms with van der Waals surface area (Å²) >= 11 is 0. The van der Waals surface area contributed by atoms with Crippen LogP contribution in [0.3, 0.4) is 0 Å². The van der Waals surface area contributed by atoms with Crippen molar-refractivity contribution in [3.8, 4) is 5.75 Å². The van der Waals surface area contributed by atoms with Crippen molar-refractivity contribution < 1.29 is 34.6 Å². The maximum absolute atomic E-state index is 13.6. The molecule has 2 aromatic heterocycles. The van der Waals surface area contributed by atoms with Gasteiger partial charge in [-0.15, -0.1) is 0 Å². The van der Waals surface area contributed by atoms with Gasteiger partial charge in [0.25, 0.3) is 5.56 Å². The Morgan fingerprint density at radius 1 is 1.09 bits per heavy atom. The van der Waals surface area contributed by atoms with E-state index >= 15 is 0 Å². The van der Waals surface area contributed by atoms with Crippen molar-refractivity contribution in [1.82, 2.24) is 4.98 Å². The summed E-state index contributed by atoms with van der Waals surface area (Å²) in [5.74, 6) is -1.18. The standard InChI is InChI=1S/C20H16F4N2O5S/c1-3-26(4-2)14-9-15-12(8-16(14)31-32(28,29)20(22,23)24)17-18(30-15)11-6-5-10(21)7-13(11)25-19(17)27/h5-9H,3-4H2,1-2H3,(H,25,27). The van der Waals surface area contributed by atoms with Crippen molar-refractivity contribution in [2.75, 3.05) is 18.0 Å². The molecule has 1 N–H and O–H groups in total. The number of H-pyrrole nitrogens is 1. The summed E-state index contributed by atoms with van der Waals surface area (Å²) in [6, 6.07) is 6.01. The molecular formula is C20H16F4N2O5S. The van der Waals surface area contributed by atoms with Crippen LogP contribution in [0.5, 0.6) is 5.75 Å². The van der Waals surface area contributed by atoms with Gasteiger partial charge in [0.1, 0.15) is 17.0 Å². The zero-order valence-electron chi connectivity index (χ0n) is 16.7. The number of benzene rings is 2. The number of halogens is 4. The number of nitrogens with one attached hydrogen (secondary N) is 1. The first-order valence-corrected chi connectivity index (χ1v) is 10.8. The molecule has 0 unspecified atom stereocenters. The Balaban J connectivity index is 2.08. The third-order valence-corrected chi connectivity index (χ3v) is 6.02. The molecule has 0 radical (unpaired) electrons. The molecule has 4 rings (SSSR count). The molecule has 0 amide bonds. The lowest BCUT2D eigenvalue weighted by molar-refractivity contribution is -0.0499. The molecule has 0 aliphatic carbocycles. The summed E-state index contributed by atoms with van der Waals surface area (Å²) < 4.78 is 86.1. The van der Waals surface area contributed by atoms with E-state index in [9.17, 15) is 30.8 Å². The number of rotatable bonds is 5. The van der Waals surface area contributed by atoms with Crippen LogP contribution in [0.15, 0.2) is 39.5 Å². The molecule has 0 atom stereocenters. The van der Waals surface area contributed by atoms with E-state index in [0.29, 0.717) is 18.5 Å². The summed E-state index contributed by atoms with van der Waals surface area (Å²) in [7, 11) is -5.96. The molecule has 0 aliphatic rings. The molecule has 2 aromatic carbocycles. The lowest BCUT2D eigenvalue weighted by Crippen LogP contribution is -2.29. The predicted octanol–water partition coefficient (Wildman–Crippen LogP) is 4.64. The number of furan rings is 1. The highest BCUT2D eigenvalue weighted by Crippen LogP contribution is 2.40. The van der Waals surface area contributed by atoms with E-state index in [1.807, 2.05) is 0 Å². The smallest absolute Gasteiger partial charge is 0.455 e. The van der Waals surface area contributed by atoms with Crippen molar-refractivity contribution >= 4 is 48.6 Å². The first kappa shape index (κ1) is 21.9. The number of fused-ring (bicyclic) bond motifs is 5. The van der Waals surface area contributed by atoms with Crippen molar-refractivity contribution in [3.05, 3.63) is 46.5 Å². The second-order valence-electron chi connectivity index (χ2n) is 6.92. The summed E-state index contributed by atoms with van der Waals surface area (Å²) in [6.07, 6.45) is 0. The van der Waals surface area contributed by atoms with Crippen LogP contribution in [0.25, 0.3) is 32.8 Å². The fraction of sp³-hybridized carbons (Fsp3) is 0.250. The van der Waals surface area contributed by atoms with Crippen LogP contribution in [0, 0.1) is 5.82 Å². The van der Waals surface area contributed by atoms with Crippen LogP contribution in [0.4, 0.5) is 23.2 Å². The van der Waals surface area contributed by atoms with Gasteiger partial charge in [-0.25, -0.2) is 4.39 Å². The van der Waals surface area contributed by atoms with E-state index in [2.05, 4.69) is 9.17 Å². The van der Waals surface area contributed by atoms with Gasteiger partial charge < -0.3 is 18.5 Å². The highest BCUT2D eigenvalue weighted by molar-refractivity contribution is 7.88. The molecule has 0 saturated carbocycles. The number of anilines is 1. The van der Waals surface area contributed by atoms with Crippen LogP contribution in [0.1, 0.15) is 13.8 Å². The minimum Gasteiger partial charge on any atom is -0.455 e. The zero-order valence-corrected chi connectivity index (χ0v) is 17.5. The highest BCUT2D eigenvalue weighted by Gasteiger charge is 2.49. The van der Waals surface area contributed by atoms with Crippen LogP contribution >= 0.6 is 0 Å². The van der Waals surface area contributed by atoms with Gasteiger partial charge in [-0.2, -0.15) is 21.6 Å². The molecule has 0 fully saturated rings. The number of aromatic amines is 1. The van der Waals surface area contributed by atoms with Crippen LogP contribution < -0.4 is 14.6 Å². The first-order valence-electron chi connectivity index (χ1n) is 9.44. The lowest BCUT2D eigenvalue weighted by Gasteiger charge is -2.23. The molecule has 4 aromatic rings. The van der Waals surface area contributed by atoms with Crippen molar-refractivity contribution in [1.29, 1.82) is 0 Å². The van der Waals surface area contributed by atoms with Crippen molar-refractivity contribution in [2.45, 2.75) is 19.4 Å². The molecule has 7 nitrogen and oxygen atoms in total. The Bertz CT molecular complexity index is 1520. The van der Waals surface area contributed by atoms with E-state index in [4.69, 9.17) is 4.42 Å². The van der Waals surface area contributed by atoms with E-state index in [-0.39, 0.29) is 33.1 Å². The van der Waals surface area contributed by atoms with E-state index in [1.54, 1.807) is 18.7 Å². The molecule has 32 heavy (non-hydrogen) atoms. The SMILES string of the molecule is CCN(CC)c1cc2oc3c4ccc(F)cc4[nH]c(=O)c3c2cc1OS(=O)(=O)C(F)(F)F. The minimum absolute atomic E-state index is 0.0283. The van der Waals surface area contributed by atoms with Crippen LogP contribution in [-0.2, 0) is 10.1 Å². The zero-order chi connectivity index (χ0) is 23.4. The predicted molar refractivity (Wildman–Crippen MR) is 111 cm³/mol. The summed E-state index contributed by atoms with van der Waals surface area (Å²) in [4.78, 5) is 16.8. The van der Waals surface area contributed by atoms with Gasteiger partial charge >= 0.3 is 15.6 Å². The first-order chi connectivity index (χ1) is 15.0. The minimum atomic E-state index is -5.96. The summed E-state index contributed by atoms with van der Waals surface area (Å²) in [5, 5.41) is 0.391. The summed E-state index contributed by atoms with van der Waals surface area (Å²) in [6.45, 7) is 4.10. The van der Waals surface area contributed by atoms with E-state index in [0.717, 1.165) is 12.1 Å². The summed E-state index contributed by atoms with van der Waals surface area (Å²) in [5.41, 5.74) is -5.90. The Kier molecular flexibility index (Phi) is 5.07. The Hall–Kier alpha value is -3.28. The fourth-order valence-corrected chi connectivity index (χ4v) is 4.04. The molecule has 12 heteroatoms. The van der Waals surface area contributed by atoms with E-state index in [1.165, 1.54) is 18.2 Å². The van der Waals surface area contributed by atoms with Crippen LogP contribution in [-0.4, -0.2) is 32.0 Å². The maximum atomic E-state index is 13.6. The van der Waals surface area contributed by atoms with Crippen molar-refractivity contribution in [2.24, 2.45) is 0 Å². The fourth-order valence-electron chi connectivity index (χ4n) is 3.57. The third-order valence-electron chi connectivity index (χ3n) is 5.06. The second-order valence-corrected chi connectivity index (χ2v) is 8.46. The van der Waals surface area contributed by atoms with E-state index < -0.39 is 32.8 Å². The average molecular weight is 472 g/mol. The van der Waals surface area contributed by atoms with Gasteiger partial charge in [0.05, 0.1) is 16.6 Å². The normalized spacial score (nSPS) is 12.7. The van der Waals surface area contributed by atoms with Gasteiger partial charge in [0.15, 0.2) is 5.75 Å². The lowest BCUT2D eigenvalue weighted by atomic mass is 10.1.